The zero-order valence-electron chi connectivity index (χ0n) is 11.0. The molecule has 0 N–H and O–H groups in total. The smallest absolute Gasteiger partial charge is 0.268 e. The molecule has 18 heavy (non-hydrogen) atoms. The van der Waals surface area contributed by atoms with Gasteiger partial charge in [-0.05, 0) is 31.5 Å². The van der Waals surface area contributed by atoms with Gasteiger partial charge in [-0.1, -0.05) is 12.1 Å². The van der Waals surface area contributed by atoms with Crippen molar-refractivity contribution in [3.8, 4) is 5.75 Å². The Morgan fingerprint density at radius 2 is 1.89 bits per heavy atom. The first-order valence-corrected chi connectivity index (χ1v) is 6.20. The Balaban J connectivity index is 2.21. The highest BCUT2D eigenvalue weighted by Gasteiger charge is 2.49. The third-order valence-electron chi connectivity index (χ3n) is 3.59. The van der Waals surface area contributed by atoms with Crippen LogP contribution in [-0.4, -0.2) is 37.1 Å². The van der Waals surface area contributed by atoms with Gasteiger partial charge in [-0.15, -0.1) is 0 Å². The van der Waals surface area contributed by atoms with Crippen molar-refractivity contribution in [3.63, 3.8) is 0 Å². The van der Waals surface area contributed by atoms with E-state index in [4.69, 9.17) is 4.74 Å². The van der Waals surface area contributed by atoms with Gasteiger partial charge in [0.2, 0.25) is 0 Å². The minimum absolute atomic E-state index is 0.151. The molecule has 1 heterocycles. The molecule has 1 unspecified atom stereocenters. The molecule has 1 aliphatic heterocycles. The van der Waals surface area contributed by atoms with E-state index in [0.29, 0.717) is 17.9 Å². The summed E-state index contributed by atoms with van der Waals surface area (Å²) in [6.45, 7) is 4.16. The molecule has 4 heteroatoms. The van der Waals surface area contributed by atoms with Crippen molar-refractivity contribution in [3.05, 3.63) is 29.8 Å². The molecule has 1 aromatic carbocycles. The molecule has 1 atom stereocenters. The van der Waals surface area contributed by atoms with E-state index in [1.807, 2.05) is 18.7 Å². The minimum Gasteiger partial charge on any atom is -0.497 e. The molecule has 1 saturated heterocycles. The number of hydrogen-bond donors (Lipinski definition) is 0. The van der Waals surface area contributed by atoms with Crippen LogP contribution in [0.3, 0.4) is 0 Å². The number of alkyl halides is 2. The van der Waals surface area contributed by atoms with Crippen LogP contribution < -0.4 is 4.74 Å². The van der Waals surface area contributed by atoms with Crippen molar-refractivity contribution in [2.24, 2.45) is 0 Å². The average molecular weight is 255 g/mol. The second-order valence-corrected chi connectivity index (χ2v) is 5.11. The molecule has 0 radical (unpaired) electrons. The summed E-state index contributed by atoms with van der Waals surface area (Å²) in [7, 11) is 1.57. The van der Waals surface area contributed by atoms with E-state index in [9.17, 15) is 8.78 Å². The van der Waals surface area contributed by atoms with Crippen molar-refractivity contribution in [2.45, 2.75) is 31.7 Å². The van der Waals surface area contributed by atoms with Crippen molar-refractivity contribution in [2.75, 3.05) is 20.2 Å². The largest absolute Gasteiger partial charge is 0.497 e. The second kappa shape index (κ2) is 4.84. The van der Waals surface area contributed by atoms with Gasteiger partial charge in [0.05, 0.1) is 19.6 Å². The minimum atomic E-state index is -2.65. The van der Waals surface area contributed by atoms with E-state index in [2.05, 4.69) is 0 Å². The van der Waals surface area contributed by atoms with Crippen LogP contribution in [0, 0.1) is 0 Å². The molecular formula is C14H19F2NO. The molecule has 0 spiro atoms. The van der Waals surface area contributed by atoms with Crippen molar-refractivity contribution < 1.29 is 13.5 Å². The molecule has 0 saturated carbocycles. The lowest BCUT2D eigenvalue weighted by Crippen LogP contribution is -2.31. The van der Waals surface area contributed by atoms with E-state index in [1.54, 1.807) is 31.4 Å². The molecule has 100 valence electrons. The number of hydrogen-bond acceptors (Lipinski definition) is 2. The van der Waals surface area contributed by atoms with Gasteiger partial charge < -0.3 is 4.74 Å². The van der Waals surface area contributed by atoms with Gasteiger partial charge >= 0.3 is 0 Å². The molecular weight excluding hydrogens is 236 g/mol. The van der Waals surface area contributed by atoms with Crippen LogP contribution in [0.25, 0.3) is 0 Å². The van der Waals surface area contributed by atoms with Crippen LogP contribution >= 0.6 is 0 Å². The summed E-state index contributed by atoms with van der Waals surface area (Å²) in [4.78, 5) is 1.83. The van der Waals surface area contributed by atoms with Crippen LogP contribution in [0.1, 0.15) is 25.3 Å². The van der Waals surface area contributed by atoms with Gasteiger partial charge in [-0.25, -0.2) is 8.78 Å². The Morgan fingerprint density at radius 1 is 1.28 bits per heavy atom. The Kier molecular flexibility index (Phi) is 3.57. The van der Waals surface area contributed by atoms with Crippen molar-refractivity contribution in [1.82, 2.24) is 4.90 Å². The first kappa shape index (κ1) is 13.3. The zero-order chi connectivity index (χ0) is 13.3. The summed E-state index contributed by atoms with van der Waals surface area (Å²) >= 11 is 0. The van der Waals surface area contributed by atoms with Crippen LogP contribution in [0.4, 0.5) is 8.78 Å². The highest BCUT2D eigenvalue weighted by Crippen LogP contribution is 2.41. The normalized spacial score (nSPS) is 23.6. The van der Waals surface area contributed by atoms with Crippen LogP contribution in [0.5, 0.6) is 5.75 Å². The summed E-state index contributed by atoms with van der Waals surface area (Å²) in [5.41, 5.74) is 0.684. The van der Waals surface area contributed by atoms with Gasteiger partial charge in [0.25, 0.3) is 5.92 Å². The van der Waals surface area contributed by atoms with Crippen LogP contribution in [-0.2, 0) is 0 Å². The molecule has 2 nitrogen and oxygen atoms in total. The Hall–Kier alpha value is -1.16. The van der Waals surface area contributed by atoms with Gasteiger partial charge in [0.1, 0.15) is 5.75 Å². The monoisotopic (exact) mass is 255 g/mol. The number of nitrogens with zero attached hydrogens (tertiary/aromatic N) is 1. The summed E-state index contributed by atoms with van der Waals surface area (Å²) in [6.07, 6.45) is 0. The highest BCUT2D eigenvalue weighted by atomic mass is 19.3. The quantitative estimate of drug-likeness (QED) is 0.822. The molecule has 0 aromatic heterocycles. The zero-order valence-corrected chi connectivity index (χ0v) is 11.0. The standard InChI is InChI=1S/C14H19F2NO/c1-10(2)17-8-13(14(15,16)9-17)11-4-6-12(18-3)7-5-11/h4-7,10,13H,8-9H2,1-3H3. The van der Waals surface area contributed by atoms with Gasteiger partial charge in [0, 0.05) is 12.6 Å². The number of methoxy groups -OCH3 is 1. The summed E-state index contributed by atoms with van der Waals surface area (Å²) in [5.74, 6) is -2.68. The van der Waals surface area contributed by atoms with Crippen molar-refractivity contribution in [1.29, 1.82) is 0 Å². The Labute approximate surface area is 107 Å². The van der Waals surface area contributed by atoms with E-state index in [0.717, 1.165) is 0 Å². The number of likely N-dealkylation sites (tertiary alicyclic amines) is 1. The predicted octanol–water partition coefficient (Wildman–Crippen LogP) is 3.14. The Bertz CT molecular complexity index is 403. The highest BCUT2D eigenvalue weighted by molar-refractivity contribution is 5.31. The number of ether oxygens (including phenoxy) is 1. The van der Waals surface area contributed by atoms with Crippen LogP contribution in [0.2, 0.25) is 0 Å². The predicted molar refractivity (Wildman–Crippen MR) is 67.4 cm³/mol. The van der Waals surface area contributed by atoms with E-state index in [-0.39, 0.29) is 12.6 Å². The summed E-state index contributed by atoms with van der Waals surface area (Å²) < 4.78 is 33.1. The average Bonchev–Trinajstić information content (AvgIpc) is 2.65. The fraction of sp³-hybridized carbons (Fsp3) is 0.571. The topological polar surface area (TPSA) is 12.5 Å². The maximum Gasteiger partial charge on any atom is 0.268 e. The molecule has 0 amide bonds. The lowest BCUT2D eigenvalue weighted by Gasteiger charge is -2.19. The Morgan fingerprint density at radius 3 is 2.33 bits per heavy atom. The van der Waals surface area contributed by atoms with E-state index in [1.165, 1.54) is 0 Å². The lowest BCUT2D eigenvalue weighted by atomic mass is 9.95. The maximum atomic E-state index is 14.0. The molecule has 0 aliphatic carbocycles. The summed E-state index contributed by atoms with van der Waals surface area (Å²) in [6, 6.07) is 7.11. The van der Waals surface area contributed by atoms with Gasteiger partial charge in [-0.3, -0.25) is 4.90 Å². The van der Waals surface area contributed by atoms with Gasteiger partial charge in [0.15, 0.2) is 0 Å². The lowest BCUT2D eigenvalue weighted by molar-refractivity contribution is -0.00513. The maximum absolute atomic E-state index is 14.0. The summed E-state index contributed by atoms with van der Waals surface area (Å²) in [5, 5.41) is 0. The first-order valence-electron chi connectivity index (χ1n) is 6.20. The third-order valence-corrected chi connectivity index (χ3v) is 3.59. The number of rotatable bonds is 3. The number of halogens is 2. The second-order valence-electron chi connectivity index (χ2n) is 5.11. The van der Waals surface area contributed by atoms with Crippen molar-refractivity contribution >= 4 is 0 Å². The molecule has 1 aromatic rings. The SMILES string of the molecule is COc1ccc(C2CN(C(C)C)CC2(F)F)cc1. The molecule has 1 aliphatic rings. The number of benzene rings is 1. The van der Waals surface area contributed by atoms with E-state index >= 15 is 0 Å². The fourth-order valence-electron chi connectivity index (χ4n) is 2.39. The van der Waals surface area contributed by atoms with Gasteiger partial charge in [-0.2, -0.15) is 0 Å². The molecule has 0 bridgehead atoms. The van der Waals surface area contributed by atoms with Crippen LogP contribution in [0.15, 0.2) is 24.3 Å². The molecule has 1 fully saturated rings. The first-order chi connectivity index (χ1) is 8.44. The molecule has 2 rings (SSSR count). The van der Waals surface area contributed by atoms with E-state index < -0.39 is 11.8 Å². The third kappa shape index (κ3) is 2.48. The fourth-order valence-corrected chi connectivity index (χ4v) is 2.39.